The molecule has 158 valence electrons. The topological polar surface area (TPSA) is 69.0 Å². The molecule has 0 bridgehead atoms. The number of carbonyl (C=O) groups is 1. The minimum Gasteiger partial charge on any atom is -0.497 e. The molecule has 1 heterocycles. The molecule has 30 heavy (non-hydrogen) atoms. The zero-order chi connectivity index (χ0) is 21.7. The molecule has 0 unspecified atom stereocenters. The Hall–Kier alpha value is -2.07. The second-order valence-corrected chi connectivity index (χ2v) is 9.19. The molecule has 0 saturated carbocycles. The molecule has 0 radical (unpaired) electrons. The van der Waals surface area contributed by atoms with E-state index < -0.39 is 0 Å². The van der Waals surface area contributed by atoms with Gasteiger partial charge in [-0.05, 0) is 83.5 Å². The van der Waals surface area contributed by atoms with E-state index in [0.29, 0.717) is 12.5 Å². The number of rotatable bonds is 8. The number of thioether (sulfide) groups is 1. The molecule has 2 aromatic carbocycles. The van der Waals surface area contributed by atoms with Crippen molar-refractivity contribution >= 4 is 45.9 Å². The van der Waals surface area contributed by atoms with Gasteiger partial charge < -0.3 is 14.6 Å². The van der Waals surface area contributed by atoms with Crippen LogP contribution in [0.4, 0.5) is 5.69 Å². The Balaban J connectivity index is 1.70. The molecule has 3 aromatic rings. The van der Waals surface area contributed by atoms with E-state index in [9.17, 15) is 4.79 Å². The molecular formula is C22H25IN4O2S. The van der Waals surface area contributed by atoms with Gasteiger partial charge >= 0.3 is 0 Å². The number of benzene rings is 2. The van der Waals surface area contributed by atoms with Crippen LogP contribution in [0.2, 0.25) is 0 Å². The number of aromatic nitrogens is 3. The van der Waals surface area contributed by atoms with Gasteiger partial charge in [0.05, 0.1) is 12.9 Å². The molecule has 1 amide bonds. The summed E-state index contributed by atoms with van der Waals surface area (Å²) in [5, 5.41) is 12.4. The van der Waals surface area contributed by atoms with Crippen molar-refractivity contribution in [1.29, 1.82) is 0 Å². The van der Waals surface area contributed by atoms with E-state index in [0.717, 1.165) is 37.1 Å². The van der Waals surface area contributed by atoms with Crippen molar-refractivity contribution in [3.05, 3.63) is 51.6 Å². The predicted molar refractivity (Wildman–Crippen MR) is 130 cm³/mol. The lowest BCUT2D eigenvalue weighted by molar-refractivity contribution is -0.113. The third-order valence-electron chi connectivity index (χ3n) is 4.62. The highest BCUT2D eigenvalue weighted by atomic mass is 127. The van der Waals surface area contributed by atoms with Crippen LogP contribution in [-0.2, 0) is 11.3 Å². The Morgan fingerprint density at radius 1 is 1.20 bits per heavy atom. The van der Waals surface area contributed by atoms with Crippen molar-refractivity contribution in [1.82, 2.24) is 14.8 Å². The Morgan fingerprint density at radius 2 is 1.93 bits per heavy atom. The van der Waals surface area contributed by atoms with Crippen LogP contribution in [-0.4, -0.2) is 33.5 Å². The molecule has 6 nitrogen and oxygen atoms in total. The second-order valence-electron chi connectivity index (χ2n) is 7.00. The molecular weight excluding hydrogens is 511 g/mol. The fourth-order valence-corrected chi connectivity index (χ4v) is 4.39. The maximum Gasteiger partial charge on any atom is 0.234 e. The maximum atomic E-state index is 12.6. The van der Waals surface area contributed by atoms with Crippen molar-refractivity contribution in [2.24, 2.45) is 0 Å². The van der Waals surface area contributed by atoms with Gasteiger partial charge in [-0.15, -0.1) is 10.2 Å². The van der Waals surface area contributed by atoms with Gasteiger partial charge in [-0.1, -0.05) is 25.6 Å². The van der Waals surface area contributed by atoms with E-state index in [1.807, 2.05) is 47.9 Å². The van der Waals surface area contributed by atoms with E-state index in [2.05, 4.69) is 58.0 Å². The van der Waals surface area contributed by atoms with Gasteiger partial charge in [-0.3, -0.25) is 4.79 Å². The van der Waals surface area contributed by atoms with E-state index in [1.54, 1.807) is 7.11 Å². The highest BCUT2D eigenvalue weighted by Crippen LogP contribution is 2.28. The second kappa shape index (κ2) is 10.3. The van der Waals surface area contributed by atoms with Gasteiger partial charge in [0.25, 0.3) is 0 Å². The minimum atomic E-state index is -0.0558. The quantitative estimate of drug-likeness (QED) is 0.307. The summed E-state index contributed by atoms with van der Waals surface area (Å²) in [5.74, 6) is 2.12. The van der Waals surface area contributed by atoms with E-state index >= 15 is 0 Å². The molecule has 0 spiro atoms. The Labute approximate surface area is 195 Å². The summed E-state index contributed by atoms with van der Waals surface area (Å²) in [6.07, 6.45) is 0. The average molecular weight is 536 g/mol. The van der Waals surface area contributed by atoms with Crippen LogP contribution in [0.3, 0.4) is 0 Å². The predicted octanol–water partition coefficient (Wildman–Crippen LogP) is 5.43. The van der Waals surface area contributed by atoms with Gasteiger partial charge in [0.2, 0.25) is 5.91 Å². The summed E-state index contributed by atoms with van der Waals surface area (Å²) in [7, 11) is 1.64. The largest absolute Gasteiger partial charge is 0.497 e. The lowest BCUT2D eigenvalue weighted by atomic mass is 10.0. The molecule has 1 aromatic heterocycles. The van der Waals surface area contributed by atoms with Crippen molar-refractivity contribution in [2.45, 2.75) is 38.4 Å². The number of anilines is 1. The Bertz CT molecular complexity index is 1020. The fraction of sp³-hybridized carbons (Fsp3) is 0.318. The molecule has 3 rings (SSSR count). The summed E-state index contributed by atoms with van der Waals surface area (Å²) < 4.78 is 8.39. The van der Waals surface area contributed by atoms with Crippen molar-refractivity contribution in [3.63, 3.8) is 0 Å². The molecule has 0 fully saturated rings. The summed E-state index contributed by atoms with van der Waals surface area (Å²) in [6.45, 7) is 7.01. The number of halogens is 1. The first-order chi connectivity index (χ1) is 14.4. The van der Waals surface area contributed by atoms with Crippen LogP contribution < -0.4 is 10.1 Å². The molecule has 0 aliphatic carbocycles. The molecule has 1 N–H and O–H groups in total. The molecule has 0 saturated heterocycles. The van der Waals surface area contributed by atoms with Crippen molar-refractivity contribution in [2.75, 3.05) is 18.2 Å². The van der Waals surface area contributed by atoms with E-state index in [4.69, 9.17) is 4.74 Å². The first kappa shape index (κ1) is 22.6. The van der Waals surface area contributed by atoms with Gasteiger partial charge in [-0.2, -0.15) is 0 Å². The van der Waals surface area contributed by atoms with Crippen LogP contribution in [0.5, 0.6) is 5.75 Å². The van der Waals surface area contributed by atoms with Crippen LogP contribution in [0.1, 0.15) is 32.3 Å². The normalized spacial score (nSPS) is 11.0. The molecule has 8 heteroatoms. The number of amides is 1. The van der Waals surface area contributed by atoms with E-state index in [1.165, 1.54) is 11.8 Å². The van der Waals surface area contributed by atoms with Crippen molar-refractivity contribution in [3.8, 4) is 17.1 Å². The van der Waals surface area contributed by atoms with Gasteiger partial charge in [-0.25, -0.2) is 0 Å². The number of hydrogen-bond acceptors (Lipinski definition) is 5. The SMILES string of the molecule is CCn1c(SCC(=O)Nc2ccc(I)cc2C(C)C)nnc1-c1ccc(OC)cc1. The van der Waals surface area contributed by atoms with E-state index in [-0.39, 0.29) is 11.7 Å². The molecule has 0 aliphatic rings. The van der Waals surface area contributed by atoms with Gasteiger partial charge in [0.1, 0.15) is 5.75 Å². The van der Waals surface area contributed by atoms with Crippen molar-refractivity contribution < 1.29 is 9.53 Å². The summed E-state index contributed by atoms with van der Waals surface area (Å²) in [4.78, 5) is 12.6. The third-order valence-corrected chi connectivity index (χ3v) is 6.26. The highest BCUT2D eigenvalue weighted by Gasteiger charge is 2.16. The lowest BCUT2D eigenvalue weighted by Crippen LogP contribution is -2.16. The number of hydrogen-bond donors (Lipinski definition) is 1. The molecule has 0 atom stereocenters. The number of carbonyl (C=O) groups excluding carboxylic acids is 1. The van der Waals surface area contributed by atoms with Crippen LogP contribution in [0.25, 0.3) is 11.4 Å². The van der Waals surface area contributed by atoms with Crippen LogP contribution in [0.15, 0.2) is 47.6 Å². The fourth-order valence-electron chi connectivity index (χ4n) is 3.08. The zero-order valence-electron chi connectivity index (χ0n) is 17.5. The molecule has 0 aliphatic heterocycles. The lowest BCUT2D eigenvalue weighted by Gasteiger charge is -2.14. The van der Waals surface area contributed by atoms with Gasteiger partial charge in [0.15, 0.2) is 11.0 Å². The number of nitrogens with one attached hydrogen (secondary N) is 1. The number of ether oxygens (including phenoxy) is 1. The number of methoxy groups -OCH3 is 1. The highest BCUT2D eigenvalue weighted by molar-refractivity contribution is 14.1. The standard InChI is InChI=1S/C22H25IN4O2S/c1-5-27-21(15-6-9-17(29-4)10-7-15)25-26-22(27)30-13-20(28)24-19-11-8-16(23)12-18(19)14(2)3/h6-12,14H,5,13H2,1-4H3,(H,24,28). The smallest absolute Gasteiger partial charge is 0.234 e. The Kier molecular flexibility index (Phi) is 7.76. The zero-order valence-corrected chi connectivity index (χ0v) is 20.5. The monoisotopic (exact) mass is 536 g/mol. The van der Waals surface area contributed by atoms with Gasteiger partial charge in [0, 0.05) is 21.4 Å². The first-order valence-electron chi connectivity index (χ1n) is 9.72. The maximum absolute atomic E-state index is 12.6. The third kappa shape index (κ3) is 5.34. The minimum absolute atomic E-state index is 0.0558. The summed E-state index contributed by atoms with van der Waals surface area (Å²) >= 11 is 3.68. The number of nitrogens with zero attached hydrogens (tertiary/aromatic N) is 3. The van der Waals surface area contributed by atoms with Crippen LogP contribution in [0, 0.1) is 3.57 Å². The van der Waals surface area contributed by atoms with Crippen LogP contribution >= 0.6 is 34.4 Å². The first-order valence-corrected chi connectivity index (χ1v) is 11.8. The summed E-state index contributed by atoms with van der Waals surface area (Å²) in [6, 6.07) is 13.8. The average Bonchev–Trinajstić information content (AvgIpc) is 3.16. The Morgan fingerprint density at radius 3 is 2.57 bits per heavy atom. The summed E-state index contributed by atoms with van der Waals surface area (Å²) in [5.41, 5.74) is 2.97.